The summed E-state index contributed by atoms with van der Waals surface area (Å²) in [6.07, 6.45) is 2.74. The molecule has 2 aromatic carbocycles. The lowest BCUT2D eigenvalue weighted by atomic mass is 10.1. The number of nitrogens with one attached hydrogen (secondary N) is 2. The average molecular weight is 458 g/mol. The summed E-state index contributed by atoms with van der Waals surface area (Å²) in [5, 5.41) is 19.8. The summed E-state index contributed by atoms with van der Waals surface area (Å²) in [4.78, 5) is 38.4. The number of hydrogen-bond acceptors (Lipinski definition) is 7. The minimum absolute atomic E-state index is 0.00946. The van der Waals surface area contributed by atoms with Crippen LogP contribution in [-0.2, 0) is 11.8 Å². The number of hydrogen-bond donors (Lipinski definition) is 4. The number of aromatic nitrogens is 4. The van der Waals surface area contributed by atoms with Gasteiger partial charge in [-0.05, 0) is 48.5 Å². The number of carbonyl (C=O) groups is 2. The predicted octanol–water partition coefficient (Wildman–Crippen LogP) is 2.51. The van der Waals surface area contributed by atoms with E-state index in [0.29, 0.717) is 22.6 Å². The molecule has 0 fully saturated rings. The van der Waals surface area contributed by atoms with Crippen molar-refractivity contribution in [3.8, 4) is 0 Å². The number of anilines is 3. The first-order valence-electron chi connectivity index (χ1n) is 10.3. The maximum absolute atomic E-state index is 13.2. The molecule has 1 amide bonds. The Labute approximate surface area is 194 Å². The van der Waals surface area contributed by atoms with Gasteiger partial charge in [-0.25, -0.2) is 15.0 Å². The van der Waals surface area contributed by atoms with Crippen molar-refractivity contribution in [2.45, 2.75) is 6.42 Å². The van der Waals surface area contributed by atoms with E-state index in [2.05, 4.69) is 20.3 Å². The first-order chi connectivity index (χ1) is 16.3. The number of aryl methyl sites for hydroxylation is 1. The Bertz CT molecular complexity index is 1370. The van der Waals surface area contributed by atoms with Gasteiger partial charge >= 0.3 is 5.97 Å². The normalized spacial score (nSPS) is 10.7. The molecule has 0 saturated heterocycles. The van der Waals surface area contributed by atoms with Crippen LogP contribution in [0.1, 0.15) is 22.3 Å². The molecule has 0 unspecified atom stereocenters. The molecule has 5 N–H and O–H groups in total. The number of imidazole rings is 1. The minimum atomic E-state index is -1.03. The fraction of sp³-hybridized carbons (Fsp3) is 0.130. The topological polar surface area (TPSA) is 163 Å². The smallest absolute Gasteiger partial charge is 0.305 e. The monoisotopic (exact) mass is 458 g/mol. The fourth-order valence-electron chi connectivity index (χ4n) is 3.39. The molecule has 0 bridgehead atoms. The molecule has 2 aromatic heterocycles. The van der Waals surface area contributed by atoms with Crippen LogP contribution < -0.4 is 16.0 Å². The molecule has 0 radical (unpaired) electrons. The number of carboxylic acids is 1. The van der Waals surface area contributed by atoms with Gasteiger partial charge in [0.05, 0.1) is 17.5 Å². The van der Waals surface area contributed by atoms with E-state index in [1.54, 1.807) is 48.5 Å². The summed E-state index contributed by atoms with van der Waals surface area (Å²) in [5.74, 6) is -0.768. The summed E-state index contributed by atoms with van der Waals surface area (Å²) < 4.78 is 1.85. The van der Waals surface area contributed by atoms with E-state index < -0.39 is 11.9 Å². The summed E-state index contributed by atoms with van der Waals surface area (Å²) in [7, 11) is 1.85. The van der Waals surface area contributed by atoms with Crippen LogP contribution in [0.5, 0.6) is 0 Å². The number of fused-ring (bicyclic) bond motifs is 1. The maximum Gasteiger partial charge on any atom is 0.305 e. The second-order valence-electron chi connectivity index (χ2n) is 7.46. The van der Waals surface area contributed by atoms with E-state index in [9.17, 15) is 9.59 Å². The molecule has 11 nitrogen and oxygen atoms in total. The van der Waals surface area contributed by atoms with Gasteiger partial charge < -0.3 is 20.7 Å². The summed E-state index contributed by atoms with van der Waals surface area (Å²) in [6, 6.07) is 13.8. The number of aliphatic carboxylic acids is 1. The predicted molar refractivity (Wildman–Crippen MR) is 127 cm³/mol. The highest BCUT2D eigenvalue weighted by Gasteiger charge is 2.22. The highest BCUT2D eigenvalue weighted by atomic mass is 16.4. The van der Waals surface area contributed by atoms with Crippen molar-refractivity contribution >= 4 is 46.3 Å². The number of rotatable bonds is 8. The van der Waals surface area contributed by atoms with Gasteiger partial charge in [0.1, 0.15) is 5.84 Å². The number of amides is 1. The fourth-order valence-corrected chi connectivity index (χ4v) is 3.39. The molecule has 0 aliphatic heterocycles. The lowest BCUT2D eigenvalue weighted by molar-refractivity contribution is -0.136. The lowest BCUT2D eigenvalue weighted by Gasteiger charge is -2.19. The van der Waals surface area contributed by atoms with Gasteiger partial charge in [0.2, 0.25) is 11.9 Å². The van der Waals surface area contributed by atoms with Crippen LogP contribution in [0.4, 0.5) is 17.6 Å². The van der Waals surface area contributed by atoms with E-state index in [0.717, 1.165) is 11.2 Å². The maximum atomic E-state index is 13.2. The van der Waals surface area contributed by atoms with Crippen molar-refractivity contribution in [1.82, 2.24) is 19.5 Å². The van der Waals surface area contributed by atoms with Crippen molar-refractivity contribution in [2.24, 2.45) is 12.8 Å². The zero-order chi connectivity index (χ0) is 24.2. The van der Waals surface area contributed by atoms with Crippen molar-refractivity contribution in [1.29, 1.82) is 5.41 Å². The van der Waals surface area contributed by atoms with Crippen LogP contribution in [0.15, 0.2) is 60.9 Å². The van der Waals surface area contributed by atoms with E-state index in [-0.39, 0.29) is 24.7 Å². The zero-order valence-electron chi connectivity index (χ0n) is 18.3. The van der Waals surface area contributed by atoms with Crippen molar-refractivity contribution in [2.75, 3.05) is 16.8 Å². The van der Waals surface area contributed by atoms with Crippen LogP contribution in [0.3, 0.4) is 0 Å². The molecule has 0 aliphatic carbocycles. The SMILES string of the molecule is Cn1c(Nc2ccc(C(=N)N)cc2)nc2cc(C(=O)N(CCC(=O)O)c3ncccn3)ccc21. The van der Waals surface area contributed by atoms with Gasteiger partial charge in [-0.1, -0.05) is 0 Å². The molecule has 11 heteroatoms. The van der Waals surface area contributed by atoms with Gasteiger partial charge in [-0.3, -0.25) is 19.9 Å². The molecule has 0 saturated carbocycles. The molecule has 34 heavy (non-hydrogen) atoms. The minimum Gasteiger partial charge on any atom is -0.481 e. The number of nitrogens with zero attached hydrogens (tertiary/aromatic N) is 5. The first kappa shape index (κ1) is 22.4. The van der Waals surface area contributed by atoms with Crippen LogP contribution >= 0.6 is 0 Å². The molecule has 4 rings (SSSR count). The molecule has 0 aliphatic rings. The third-order valence-corrected chi connectivity index (χ3v) is 5.17. The Morgan fingerprint density at radius 3 is 2.44 bits per heavy atom. The molecular weight excluding hydrogens is 436 g/mol. The summed E-state index contributed by atoms with van der Waals surface area (Å²) >= 11 is 0. The van der Waals surface area contributed by atoms with E-state index in [1.807, 2.05) is 11.6 Å². The number of amidine groups is 1. The molecule has 0 spiro atoms. The Kier molecular flexibility index (Phi) is 6.17. The summed E-state index contributed by atoms with van der Waals surface area (Å²) in [6.45, 7) is -0.0680. The third kappa shape index (κ3) is 4.67. The quantitative estimate of drug-likeness (QED) is 0.231. The van der Waals surface area contributed by atoms with E-state index in [1.165, 1.54) is 17.3 Å². The number of carbonyl (C=O) groups excluding carboxylic acids is 1. The van der Waals surface area contributed by atoms with Crippen LogP contribution in [-0.4, -0.2) is 48.9 Å². The van der Waals surface area contributed by atoms with E-state index >= 15 is 0 Å². The van der Waals surface area contributed by atoms with Gasteiger partial charge in [-0.15, -0.1) is 0 Å². The van der Waals surface area contributed by atoms with Crippen molar-refractivity contribution in [3.63, 3.8) is 0 Å². The van der Waals surface area contributed by atoms with Crippen LogP contribution in [0.25, 0.3) is 11.0 Å². The highest BCUT2D eigenvalue weighted by molar-refractivity contribution is 6.07. The van der Waals surface area contributed by atoms with Gasteiger partial charge in [-0.2, -0.15) is 0 Å². The second-order valence-corrected chi connectivity index (χ2v) is 7.46. The van der Waals surface area contributed by atoms with Crippen molar-refractivity contribution < 1.29 is 14.7 Å². The van der Waals surface area contributed by atoms with Crippen LogP contribution in [0.2, 0.25) is 0 Å². The summed E-state index contributed by atoms with van der Waals surface area (Å²) in [5.41, 5.74) is 8.60. The second kappa shape index (κ2) is 9.36. The Balaban J connectivity index is 1.62. The van der Waals surface area contributed by atoms with Crippen molar-refractivity contribution in [3.05, 3.63) is 72.1 Å². The Hall–Kier alpha value is -4.80. The number of carboxylic acid groups (broad SMARTS) is 1. The molecular formula is C23H22N8O3. The number of nitrogen functional groups attached to an aromatic ring is 1. The standard InChI is InChI=1S/C23H22N8O3/c1-30-18-8-5-15(21(34)31(12-9-19(32)33)22-26-10-2-11-27-22)13-17(18)29-23(30)28-16-6-3-14(4-7-16)20(24)25/h2-8,10-11,13H,9,12H2,1H3,(H3,24,25)(H,28,29)(H,32,33). The van der Waals surface area contributed by atoms with Gasteiger partial charge in [0.15, 0.2) is 0 Å². The number of nitrogens with two attached hydrogens (primary N) is 1. The highest BCUT2D eigenvalue weighted by Crippen LogP contribution is 2.24. The Morgan fingerprint density at radius 2 is 1.79 bits per heavy atom. The van der Waals surface area contributed by atoms with E-state index in [4.69, 9.17) is 16.2 Å². The van der Waals surface area contributed by atoms with Gasteiger partial charge in [0.25, 0.3) is 5.91 Å². The molecule has 4 aromatic rings. The molecule has 0 atom stereocenters. The molecule has 172 valence electrons. The van der Waals surface area contributed by atoms with Gasteiger partial charge in [0, 0.05) is 42.8 Å². The number of benzene rings is 2. The zero-order valence-corrected chi connectivity index (χ0v) is 18.3. The van der Waals surface area contributed by atoms with Crippen LogP contribution in [0, 0.1) is 5.41 Å². The Morgan fingerprint density at radius 1 is 1.12 bits per heavy atom. The lowest BCUT2D eigenvalue weighted by Crippen LogP contribution is -2.34. The first-order valence-corrected chi connectivity index (χ1v) is 10.3. The largest absolute Gasteiger partial charge is 0.481 e. The average Bonchev–Trinajstić information content (AvgIpc) is 3.14. The third-order valence-electron chi connectivity index (χ3n) is 5.17. The molecule has 2 heterocycles.